The van der Waals surface area contributed by atoms with Gasteiger partial charge in [0.25, 0.3) is 5.91 Å². The first-order valence-electron chi connectivity index (χ1n) is 4.88. The maximum Gasteiger partial charge on any atom is 0.256 e. The van der Waals surface area contributed by atoms with Gasteiger partial charge in [0.2, 0.25) is 0 Å². The number of carbonyl (C=O) groups excluding carboxylic acids is 1. The molecule has 2 heterocycles. The molecule has 5 nitrogen and oxygen atoms in total. The smallest absolute Gasteiger partial charge is 0.256 e. The van der Waals surface area contributed by atoms with E-state index in [1.807, 2.05) is 10.8 Å². The van der Waals surface area contributed by atoms with E-state index in [4.69, 9.17) is 0 Å². The summed E-state index contributed by atoms with van der Waals surface area (Å²) in [6.45, 7) is 1.41. The van der Waals surface area contributed by atoms with Crippen LogP contribution in [0.15, 0.2) is 30.3 Å². The molecule has 0 saturated heterocycles. The Balaban J connectivity index is 1.89. The minimum Gasteiger partial charge on any atom is -0.340 e. The van der Waals surface area contributed by atoms with Crippen LogP contribution < -0.4 is 0 Å². The number of hydrogen-bond acceptors (Lipinski definition) is 4. The summed E-state index contributed by atoms with van der Waals surface area (Å²) < 4.78 is 5.85. The van der Waals surface area contributed by atoms with Crippen LogP contribution in [0, 0.1) is 0 Å². The molecular formula is C10H12N4OS. The molecule has 1 amide bonds. The average Bonchev–Trinajstić information content (AvgIpc) is 2.96. The van der Waals surface area contributed by atoms with Gasteiger partial charge in [-0.2, -0.15) is 0 Å². The van der Waals surface area contributed by atoms with Gasteiger partial charge in [0.1, 0.15) is 0 Å². The van der Waals surface area contributed by atoms with Crippen molar-refractivity contribution in [3.05, 3.63) is 35.9 Å². The van der Waals surface area contributed by atoms with Gasteiger partial charge in [-0.3, -0.25) is 4.79 Å². The molecule has 0 fully saturated rings. The summed E-state index contributed by atoms with van der Waals surface area (Å²) in [5.41, 5.74) is 0.651. The van der Waals surface area contributed by atoms with Gasteiger partial charge in [-0.1, -0.05) is 0 Å². The summed E-state index contributed by atoms with van der Waals surface area (Å²) in [5.74, 6) is 0.00821. The van der Waals surface area contributed by atoms with Crippen LogP contribution in [-0.2, 0) is 6.54 Å². The quantitative estimate of drug-likeness (QED) is 0.799. The molecule has 0 aliphatic rings. The van der Waals surface area contributed by atoms with Crippen molar-refractivity contribution in [3.63, 3.8) is 0 Å². The van der Waals surface area contributed by atoms with Crippen molar-refractivity contribution in [2.24, 2.45) is 0 Å². The van der Waals surface area contributed by atoms with Gasteiger partial charge in [0.15, 0.2) is 0 Å². The number of aromatic nitrogens is 3. The van der Waals surface area contributed by atoms with Crippen LogP contribution in [0.5, 0.6) is 0 Å². The molecule has 0 radical (unpaired) electrons. The van der Waals surface area contributed by atoms with Gasteiger partial charge < -0.3 is 9.47 Å². The number of nitrogens with zero attached hydrogens (tertiary/aromatic N) is 4. The van der Waals surface area contributed by atoms with Crippen molar-refractivity contribution in [2.75, 3.05) is 13.6 Å². The predicted molar refractivity (Wildman–Crippen MR) is 61.3 cm³/mol. The van der Waals surface area contributed by atoms with Crippen LogP contribution in [0.2, 0.25) is 0 Å². The second kappa shape index (κ2) is 4.89. The summed E-state index contributed by atoms with van der Waals surface area (Å²) in [5, 5.41) is 1.76. The van der Waals surface area contributed by atoms with E-state index in [1.54, 1.807) is 36.0 Å². The number of likely N-dealkylation sites (N-methyl/N-ethyl adjacent to an activating group) is 1. The zero-order chi connectivity index (χ0) is 11.4. The summed E-state index contributed by atoms with van der Waals surface area (Å²) in [6.07, 6.45) is 6.94. The first-order valence-corrected chi connectivity index (χ1v) is 5.71. The van der Waals surface area contributed by atoms with Crippen LogP contribution in [0.1, 0.15) is 10.4 Å². The molecule has 0 atom stereocenters. The number of carbonyl (C=O) groups is 1. The fraction of sp³-hybridized carbons (Fsp3) is 0.300. The van der Waals surface area contributed by atoms with Crippen LogP contribution in [0.25, 0.3) is 0 Å². The highest BCUT2D eigenvalue weighted by Gasteiger charge is 2.11. The summed E-state index contributed by atoms with van der Waals surface area (Å²) >= 11 is 1.29. The van der Waals surface area contributed by atoms with Gasteiger partial charge in [-0.05, 0) is 11.5 Å². The average molecular weight is 236 g/mol. The third kappa shape index (κ3) is 2.46. The topological polar surface area (TPSA) is 51.0 Å². The zero-order valence-electron chi connectivity index (χ0n) is 8.91. The highest BCUT2D eigenvalue weighted by molar-refractivity contribution is 7.03. The Morgan fingerprint density at radius 1 is 1.62 bits per heavy atom. The molecule has 0 aromatic carbocycles. The predicted octanol–water partition coefficient (Wildman–Crippen LogP) is 1.11. The van der Waals surface area contributed by atoms with Crippen molar-refractivity contribution in [3.8, 4) is 0 Å². The van der Waals surface area contributed by atoms with Crippen molar-refractivity contribution in [2.45, 2.75) is 6.54 Å². The molecule has 2 aromatic rings. The van der Waals surface area contributed by atoms with Gasteiger partial charge in [-0.25, -0.2) is 9.36 Å². The van der Waals surface area contributed by atoms with Crippen molar-refractivity contribution < 1.29 is 4.79 Å². The van der Waals surface area contributed by atoms with E-state index in [0.29, 0.717) is 12.1 Å². The molecule has 0 unspecified atom stereocenters. The molecule has 0 bridgehead atoms. The first kappa shape index (κ1) is 10.8. The fourth-order valence-electron chi connectivity index (χ4n) is 1.32. The Morgan fingerprint density at radius 3 is 3.12 bits per heavy atom. The molecule has 0 N–H and O–H groups in total. The van der Waals surface area contributed by atoms with Gasteiger partial charge in [-0.15, -0.1) is 0 Å². The van der Waals surface area contributed by atoms with E-state index < -0.39 is 0 Å². The molecular weight excluding hydrogens is 224 g/mol. The number of amides is 1. The third-order valence-electron chi connectivity index (χ3n) is 2.28. The lowest BCUT2D eigenvalue weighted by Gasteiger charge is -2.16. The monoisotopic (exact) mass is 236 g/mol. The van der Waals surface area contributed by atoms with Gasteiger partial charge in [0.05, 0.1) is 18.1 Å². The third-order valence-corrected chi connectivity index (χ3v) is 2.87. The lowest BCUT2D eigenvalue weighted by Crippen LogP contribution is -2.29. The highest BCUT2D eigenvalue weighted by Crippen LogP contribution is 2.05. The van der Waals surface area contributed by atoms with Crippen LogP contribution in [-0.4, -0.2) is 38.3 Å². The molecule has 6 heteroatoms. The molecule has 0 spiro atoms. The largest absolute Gasteiger partial charge is 0.340 e. The summed E-state index contributed by atoms with van der Waals surface area (Å²) in [6, 6.07) is 0. The minimum atomic E-state index is 0.00821. The molecule has 0 aliphatic heterocycles. The molecule has 84 valence electrons. The molecule has 2 rings (SSSR count). The normalized spacial score (nSPS) is 10.3. The summed E-state index contributed by atoms with van der Waals surface area (Å²) in [4.78, 5) is 17.5. The Labute approximate surface area is 97.5 Å². The Kier molecular flexibility index (Phi) is 3.31. The minimum absolute atomic E-state index is 0.00821. The van der Waals surface area contributed by atoms with Crippen LogP contribution in [0.3, 0.4) is 0 Å². The zero-order valence-corrected chi connectivity index (χ0v) is 9.72. The second-order valence-corrected chi connectivity index (χ2v) is 4.10. The Morgan fingerprint density at radius 2 is 2.50 bits per heavy atom. The maximum absolute atomic E-state index is 11.8. The molecule has 0 aliphatic carbocycles. The lowest BCUT2D eigenvalue weighted by molar-refractivity contribution is 0.0790. The highest BCUT2D eigenvalue weighted by atomic mass is 32.1. The first-order chi connectivity index (χ1) is 7.77. The lowest BCUT2D eigenvalue weighted by atomic mass is 10.3. The maximum atomic E-state index is 11.8. The Bertz CT molecular complexity index is 437. The molecule has 0 saturated carbocycles. The SMILES string of the molecule is CN(CCn1ccnc1)C(=O)c1cnsc1. The number of imidazole rings is 1. The number of rotatable bonds is 4. The van der Waals surface area contributed by atoms with E-state index >= 15 is 0 Å². The number of hydrogen-bond donors (Lipinski definition) is 0. The van der Waals surface area contributed by atoms with Crippen LogP contribution >= 0.6 is 11.5 Å². The van der Waals surface area contributed by atoms with Crippen molar-refractivity contribution in [1.82, 2.24) is 18.8 Å². The second-order valence-electron chi connectivity index (χ2n) is 3.44. The summed E-state index contributed by atoms with van der Waals surface area (Å²) in [7, 11) is 1.79. The molecule has 2 aromatic heterocycles. The standard InChI is InChI=1S/C10H12N4OS/c1-13(4-5-14-3-2-11-8-14)10(15)9-6-12-16-7-9/h2-3,6-8H,4-5H2,1H3. The molecule has 16 heavy (non-hydrogen) atoms. The van der Waals surface area contributed by atoms with Gasteiger partial charge >= 0.3 is 0 Å². The van der Waals surface area contributed by atoms with Crippen LogP contribution in [0.4, 0.5) is 0 Å². The van der Waals surface area contributed by atoms with E-state index in [1.165, 1.54) is 11.5 Å². The Hall–Kier alpha value is -1.69. The van der Waals surface area contributed by atoms with Crippen molar-refractivity contribution >= 4 is 17.4 Å². The van der Waals surface area contributed by atoms with E-state index in [-0.39, 0.29) is 5.91 Å². The fourth-order valence-corrected chi connectivity index (χ4v) is 1.83. The van der Waals surface area contributed by atoms with Crippen molar-refractivity contribution in [1.29, 1.82) is 0 Å². The van der Waals surface area contributed by atoms with E-state index in [2.05, 4.69) is 9.36 Å². The van der Waals surface area contributed by atoms with Gasteiger partial charge in [0, 0.05) is 37.9 Å². The van der Waals surface area contributed by atoms with E-state index in [9.17, 15) is 4.79 Å². The van der Waals surface area contributed by atoms with E-state index in [0.717, 1.165) is 6.54 Å².